The van der Waals surface area contributed by atoms with Crippen LogP contribution in [0.25, 0.3) is 0 Å². The van der Waals surface area contributed by atoms with E-state index in [2.05, 4.69) is 29.2 Å². The summed E-state index contributed by atoms with van der Waals surface area (Å²) in [5.41, 5.74) is 7.25. The van der Waals surface area contributed by atoms with Crippen molar-refractivity contribution in [1.82, 2.24) is 4.90 Å². The molecular weight excluding hydrogens is 212 g/mol. The fraction of sp³-hybridized carbons (Fsp3) is 0.571. The summed E-state index contributed by atoms with van der Waals surface area (Å²) in [6.07, 6.45) is 2.24. The van der Waals surface area contributed by atoms with E-state index in [0.717, 1.165) is 44.8 Å². The van der Waals surface area contributed by atoms with Crippen molar-refractivity contribution in [2.75, 3.05) is 19.7 Å². The first-order valence-electron chi connectivity index (χ1n) is 6.47. The molecule has 0 aliphatic carbocycles. The number of piperidine rings is 1. The second-order valence-corrected chi connectivity index (χ2v) is 4.69. The molecule has 1 heterocycles. The quantitative estimate of drug-likeness (QED) is 0.866. The summed E-state index contributed by atoms with van der Waals surface area (Å²) >= 11 is 0. The molecule has 2 N–H and O–H groups in total. The molecule has 3 heteroatoms. The van der Waals surface area contributed by atoms with Gasteiger partial charge in [-0.2, -0.15) is 0 Å². The zero-order chi connectivity index (χ0) is 12.1. The Hall–Kier alpha value is -1.06. The van der Waals surface area contributed by atoms with Crippen molar-refractivity contribution in [3.05, 3.63) is 29.8 Å². The molecule has 0 amide bonds. The number of hydrogen-bond acceptors (Lipinski definition) is 3. The number of ether oxygens (including phenoxy) is 1. The zero-order valence-electron chi connectivity index (χ0n) is 10.6. The summed E-state index contributed by atoms with van der Waals surface area (Å²) in [7, 11) is 0. The highest BCUT2D eigenvalue weighted by Crippen LogP contribution is 2.16. The SMILES string of the molecule is CCOc1ccc(CN2CCC(N)CC2)cc1. The molecular formula is C14H22N2O. The Bertz CT molecular complexity index is 329. The first kappa shape index (κ1) is 12.4. The molecule has 1 aromatic rings. The van der Waals surface area contributed by atoms with Gasteiger partial charge >= 0.3 is 0 Å². The van der Waals surface area contributed by atoms with Crippen LogP contribution in [0.1, 0.15) is 25.3 Å². The predicted molar refractivity (Wildman–Crippen MR) is 70.1 cm³/mol. The van der Waals surface area contributed by atoms with Gasteiger partial charge in [-0.3, -0.25) is 4.90 Å². The molecule has 0 radical (unpaired) electrons. The van der Waals surface area contributed by atoms with Gasteiger partial charge < -0.3 is 10.5 Å². The van der Waals surface area contributed by atoms with E-state index in [4.69, 9.17) is 10.5 Å². The third-order valence-electron chi connectivity index (χ3n) is 3.27. The molecule has 0 unspecified atom stereocenters. The van der Waals surface area contributed by atoms with Crippen molar-refractivity contribution in [3.63, 3.8) is 0 Å². The Kier molecular flexibility index (Phi) is 4.40. The van der Waals surface area contributed by atoms with E-state index in [1.165, 1.54) is 5.56 Å². The maximum absolute atomic E-state index is 5.90. The lowest BCUT2D eigenvalue weighted by Crippen LogP contribution is -2.39. The Morgan fingerprint density at radius 3 is 2.47 bits per heavy atom. The monoisotopic (exact) mass is 234 g/mol. The lowest BCUT2D eigenvalue weighted by molar-refractivity contribution is 0.205. The molecule has 0 saturated carbocycles. The van der Waals surface area contributed by atoms with Crippen molar-refractivity contribution in [3.8, 4) is 5.75 Å². The van der Waals surface area contributed by atoms with Crippen molar-refractivity contribution in [1.29, 1.82) is 0 Å². The van der Waals surface area contributed by atoms with Crippen molar-refractivity contribution < 1.29 is 4.74 Å². The third-order valence-corrected chi connectivity index (χ3v) is 3.27. The van der Waals surface area contributed by atoms with E-state index in [1.807, 2.05) is 6.92 Å². The lowest BCUT2D eigenvalue weighted by Gasteiger charge is -2.30. The Morgan fingerprint density at radius 2 is 1.88 bits per heavy atom. The summed E-state index contributed by atoms with van der Waals surface area (Å²) in [5.74, 6) is 0.955. The summed E-state index contributed by atoms with van der Waals surface area (Å²) in [6.45, 7) is 6.00. The van der Waals surface area contributed by atoms with E-state index in [-0.39, 0.29) is 0 Å². The number of nitrogens with zero attached hydrogens (tertiary/aromatic N) is 1. The van der Waals surface area contributed by atoms with Gasteiger partial charge in [-0.25, -0.2) is 0 Å². The standard InChI is InChI=1S/C14H22N2O/c1-2-17-14-5-3-12(4-6-14)11-16-9-7-13(15)8-10-16/h3-6,13H,2,7-11,15H2,1H3. The highest BCUT2D eigenvalue weighted by Gasteiger charge is 2.15. The van der Waals surface area contributed by atoms with E-state index in [1.54, 1.807) is 0 Å². The van der Waals surface area contributed by atoms with Crippen LogP contribution in [0.3, 0.4) is 0 Å². The van der Waals surface area contributed by atoms with Gasteiger partial charge in [0.2, 0.25) is 0 Å². The zero-order valence-corrected chi connectivity index (χ0v) is 10.6. The lowest BCUT2D eigenvalue weighted by atomic mass is 10.1. The summed E-state index contributed by atoms with van der Waals surface area (Å²) in [4.78, 5) is 2.47. The van der Waals surface area contributed by atoms with Crippen LogP contribution in [0, 0.1) is 0 Å². The minimum Gasteiger partial charge on any atom is -0.494 e. The molecule has 2 rings (SSSR count). The predicted octanol–water partition coefficient (Wildman–Crippen LogP) is 2.01. The average Bonchev–Trinajstić information content (AvgIpc) is 2.35. The van der Waals surface area contributed by atoms with Crippen LogP contribution in [-0.4, -0.2) is 30.6 Å². The fourth-order valence-electron chi connectivity index (χ4n) is 2.23. The van der Waals surface area contributed by atoms with Gasteiger partial charge in [-0.05, 0) is 50.6 Å². The van der Waals surface area contributed by atoms with Gasteiger partial charge in [-0.15, -0.1) is 0 Å². The van der Waals surface area contributed by atoms with Crippen LogP contribution in [0.5, 0.6) is 5.75 Å². The van der Waals surface area contributed by atoms with E-state index in [9.17, 15) is 0 Å². The van der Waals surface area contributed by atoms with Crippen LogP contribution in [0.2, 0.25) is 0 Å². The van der Waals surface area contributed by atoms with Crippen LogP contribution < -0.4 is 10.5 Å². The van der Waals surface area contributed by atoms with Crippen molar-refractivity contribution in [2.45, 2.75) is 32.4 Å². The topological polar surface area (TPSA) is 38.5 Å². The van der Waals surface area contributed by atoms with Gasteiger partial charge in [0.1, 0.15) is 5.75 Å². The molecule has 1 saturated heterocycles. The smallest absolute Gasteiger partial charge is 0.119 e. The Balaban J connectivity index is 1.86. The molecule has 17 heavy (non-hydrogen) atoms. The normalized spacial score (nSPS) is 18.2. The molecule has 94 valence electrons. The number of likely N-dealkylation sites (tertiary alicyclic amines) is 1. The Morgan fingerprint density at radius 1 is 1.24 bits per heavy atom. The van der Waals surface area contributed by atoms with E-state index >= 15 is 0 Å². The average molecular weight is 234 g/mol. The highest BCUT2D eigenvalue weighted by atomic mass is 16.5. The molecule has 1 aliphatic rings. The molecule has 0 aromatic heterocycles. The molecule has 0 bridgehead atoms. The summed E-state index contributed by atoms with van der Waals surface area (Å²) < 4.78 is 5.43. The third kappa shape index (κ3) is 3.72. The molecule has 1 aromatic carbocycles. The number of nitrogens with two attached hydrogens (primary N) is 1. The van der Waals surface area contributed by atoms with Crippen LogP contribution in [-0.2, 0) is 6.54 Å². The van der Waals surface area contributed by atoms with Crippen LogP contribution in [0.15, 0.2) is 24.3 Å². The summed E-state index contributed by atoms with van der Waals surface area (Å²) in [6, 6.07) is 8.81. The van der Waals surface area contributed by atoms with Gasteiger partial charge in [0.25, 0.3) is 0 Å². The van der Waals surface area contributed by atoms with Crippen molar-refractivity contribution in [2.24, 2.45) is 5.73 Å². The molecule has 0 spiro atoms. The maximum Gasteiger partial charge on any atom is 0.119 e. The van der Waals surface area contributed by atoms with Gasteiger partial charge in [0.05, 0.1) is 6.61 Å². The maximum atomic E-state index is 5.90. The highest BCUT2D eigenvalue weighted by molar-refractivity contribution is 5.27. The van der Waals surface area contributed by atoms with Crippen LogP contribution in [0.4, 0.5) is 0 Å². The largest absolute Gasteiger partial charge is 0.494 e. The fourth-order valence-corrected chi connectivity index (χ4v) is 2.23. The minimum atomic E-state index is 0.409. The van der Waals surface area contributed by atoms with Crippen LogP contribution >= 0.6 is 0 Å². The van der Waals surface area contributed by atoms with Gasteiger partial charge in [0.15, 0.2) is 0 Å². The second-order valence-electron chi connectivity index (χ2n) is 4.69. The van der Waals surface area contributed by atoms with Gasteiger partial charge in [-0.1, -0.05) is 12.1 Å². The molecule has 3 nitrogen and oxygen atoms in total. The van der Waals surface area contributed by atoms with E-state index < -0.39 is 0 Å². The molecule has 1 aliphatic heterocycles. The van der Waals surface area contributed by atoms with E-state index in [0.29, 0.717) is 6.04 Å². The number of hydrogen-bond donors (Lipinski definition) is 1. The van der Waals surface area contributed by atoms with Crippen molar-refractivity contribution >= 4 is 0 Å². The first-order valence-corrected chi connectivity index (χ1v) is 6.47. The Labute approximate surface area is 104 Å². The van der Waals surface area contributed by atoms with Gasteiger partial charge in [0, 0.05) is 12.6 Å². The first-order chi connectivity index (χ1) is 8.28. The number of benzene rings is 1. The number of rotatable bonds is 4. The molecule has 0 atom stereocenters. The summed E-state index contributed by atoms with van der Waals surface area (Å²) in [5, 5.41) is 0. The minimum absolute atomic E-state index is 0.409. The second kappa shape index (κ2) is 6.03. The molecule has 1 fully saturated rings.